The highest BCUT2D eigenvalue weighted by Crippen LogP contribution is 2.42. The van der Waals surface area contributed by atoms with Crippen LogP contribution in [0.1, 0.15) is 11.1 Å². The molecule has 2 aromatic carbocycles. The van der Waals surface area contributed by atoms with Crippen molar-refractivity contribution in [3.05, 3.63) is 80.4 Å². The van der Waals surface area contributed by atoms with E-state index in [1.165, 1.54) is 24.1 Å². The number of benzene rings is 2. The Balaban J connectivity index is 2.06. The minimum atomic E-state index is -0.630. The van der Waals surface area contributed by atoms with Crippen LogP contribution in [0, 0.1) is 28.4 Å². The number of thioether (sulfide) groups is 1. The number of nitrogens with one attached hydrogen (secondary N) is 1. The molecule has 1 atom stereocenters. The molecule has 0 saturated carbocycles. The van der Waals surface area contributed by atoms with Gasteiger partial charge < -0.3 is 5.32 Å². The average molecular weight is 422 g/mol. The number of aryl methyl sites for hydroxylation is 1. The molecule has 1 aliphatic heterocycles. The molecule has 1 heterocycles. The van der Waals surface area contributed by atoms with E-state index in [1.807, 2.05) is 25.1 Å². The molecule has 1 N–H and O–H groups in total. The molecule has 8 nitrogen and oxygen atoms in total. The van der Waals surface area contributed by atoms with Gasteiger partial charge in [0.15, 0.2) is 0 Å². The van der Waals surface area contributed by atoms with Crippen LogP contribution in [0.5, 0.6) is 0 Å². The van der Waals surface area contributed by atoms with Crippen molar-refractivity contribution in [2.24, 2.45) is 0 Å². The number of hydrogen-bond acceptors (Lipinski definition) is 6. The van der Waals surface area contributed by atoms with E-state index in [2.05, 4.69) is 5.32 Å². The number of carbonyl (C=O) groups excluding carboxylic acids is 2. The van der Waals surface area contributed by atoms with Gasteiger partial charge in [0.2, 0.25) is 5.91 Å². The van der Waals surface area contributed by atoms with E-state index in [4.69, 9.17) is 0 Å². The fourth-order valence-corrected chi connectivity index (χ4v) is 4.46. The van der Waals surface area contributed by atoms with Crippen LogP contribution in [0.4, 0.5) is 11.4 Å². The van der Waals surface area contributed by atoms with Gasteiger partial charge in [-0.15, -0.1) is 0 Å². The van der Waals surface area contributed by atoms with Gasteiger partial charge in [-0.25, -0.2) is 0 Å². The summed E-state index contributed by atoms with van der Waals surface area (Å²) in [6.45, 7) is 1.84. The second kappa shape index (κ2) is 8.80. The standard InChI is InChI=1S/C21H18N4O4S/c1-13-6-3-4-9-17(13)24-20(27)18(30-21(24)16(12-22)19(26)23-2)11-14-7-5-8-15(10-14)25(28)29/h3-10,18H,11H2,1-2H3,(H,23,26). The smallest absolute Gasteiger partial charge is 0.269 e. The maximum absolute atomic E-state index is 13.3. The Kier molecular flexibility index (Phi) is 6.18. The predicted molar refractivity (Wildman–Crippen MR) is 114 cm³/mol. The summed E-state index contributed by atoms with van der Waals surface area (Å²) in [4.78, 5) is 37.5. The van der Waals surface area contributed by atoms with Crippen molar-refractivity contribution in [1.82, 2.24) is 5.32 Å². The SMILES string of the molecule is CNC(=O)C(C#N)=C1SC(Cc2cccc([N+](=O)[O-])c2)C(=O)N1c1ccccc1C. The number of rotatable bonds is 5. The average Bonchev–Trinajstić information content (AvgIpc) is 3.04. The summed E-state index contributed by atoms with van der Waals surface area (Å²) in [7, 11) is 1.42. The van der Waals surface area contributed by atoms with Gasteiger partial charge in [-0.3, -0.25) is 24.6 Å². The van der Waals surface area contributed by atoms with Crippen LogP contribution in [0.2, 0.25) is 0 Å². The van der Waals surface area contributed by atoms with Gasteiger partial charge in [-0.1, -0.05) is 42.1 Å². The van der Waals surface area contributed by atoms with E-state index in [-0.39, 0.29) is 28.6 Å². The Morgan fingerprint density at radius 1 is 1.30 bits per heavy atom. The van der Waals surface area contributed by atoms with Gasteiger partial charge in [0.05, 0.1) is 15.9 Å². The van der Waals surface area contributed by atoms with Gasteiger partial charge >= 0.3 is 0 Å². The third-order valence-electron chi connectivity index (χ3n) is 4.63. The van der Waals surface area contributed by atoms with Gasteiger partial charge in [0.25, 0.3) is 11.6 Å². The number of nitro groups is 1. The Hall–Kier alpha value is -3.64. The lowest BCUT2D eigenvalue weighted by Crippen LogP contribution is -2.31. The molecule has 0 spiro atoms. The van der Waals surface area contributed by atoms with Crippen LogP contribution < -0.4 is 10.2 Å². The molecule has 2 aromatic rings. The van der Waals surface area contributed by atoms with E-state index in [9.17, 15) is 25.0 Å². The van der Waals surface area contributed by atoms with Crippen molar-refractivity contribution in [3.63, 3.8) is 0 Å². The zero-order chi connectivity index (χ0) is 21.8. The summed E-state index contributed by atoms with van der Waals surface area (Å²) >= 11 is 1.12. The van der Waals surface area contributed by atoms with Gasteiger partial charge in [0.1, 0.15) is 16.7 Å². The van der Waals surface area contributed by atoms with Crippen molar-refractivity contribution < 1.29 is 14.5 Å². The Bertz CT molecular complexity index is 1110. The monoisotopic (exact) mass is 422 g/mol. The van der Waals surface area contributed by atoms with Crippen LogP contribution in [0.15, 0.2) is 59.1 Å². The lowest BCUT2D eigenvalue weighted by Gasteiger charge is -2.20. The highest BCUT2D eigenvalue weighted by atomic mass is 32.2. The first-order valence-corrected chi connectivity index (χ1v) is 9.91. The summed E-state index contributed by atoms with van der Waals surface area (Å²) in [5.74, 6) is -0.866. The largest absolute Gasteiger partial charge is 0.354 e. The number of nitrogens with zero attached hydrogens (tertiary/aromatic N) is 3. The van der Waals surface area contributed by atoms with Crippen molar-refractivity contribution in [2.45, 2.75) is 18.6 Å². The first-order chi connectivity index (χ1) is 14.4. The number of anilines is 1. The minimum absolute atomic E-state index is 0.0578. The first-order valence-electron chi connectivity index (χ1n) is 9.03. The second-order valence-corrected chi connectivity index (χ2v) is 7.76. The molecule has 0 aromatic heterocycles. The van der Waals surface area contributed by atoms with Gasteiger partial charge in [-0.05, 0) is 30.5 Å². The molecule has 2 amide bonds. The molecule has 30 heavy (non-hydrogen) atoms. The number of carbonyl (C=O) groups is 2. The fourth-order valence-electron chi connectivity index (χ4n) is 3.16. The third kappa shape index (κ3) is 4.04. The van der Waals surface area contributed by atoms with Crippen LogP contribution in [-0.2, 0) is 16.0 Å². The van der Waals surface area contributed by atoms with E-state index in [1.54, 1.807) is 24.3 Å². The summed E-state index contributed by atoms with van der Waals surface area (Å²) < 4.78 is 0. The fraction of sp³-hybridized carbons (Fsp3) is 0.190. The van der Waals surface area contributed by atoms with Crippen molar-refractivity contribution in [1.29, 1.82) is 5.26 Å². The number of nitro benzene ring substituents is 1. The van der Waals surface area contributed by atoms with Gasteiger partial charge in [-0.2, -0.15) is 5.26 Å². The first kappa shape index (κ1) is 21.1. The van der Waals surface area contributed by atoms with Crippen LogP contribution >= 0.6 is 11.8 Å². The quantitative estimate of drug-likeness (QED) is 0.343. The maximum atomic E-state index is 13.3. The minimum Gasteiger partial charge on any atom is -0.354 e. The van der Waals surface area contributed by atoms with Crippen LogP contribution in [-0.4, -0.2) is 29.0 Å². The normalized spacial score (nSPS) is 17.4. The number of likely N-dealkylation sites (N-methyl/N-ethyl adjacent to an activating group) is 1. The number of non-ortho nitro benzene ring substituents is 1. The number of amides is 2. The molecule has 0 aliphatic carbocycles. The van der Waals surface area contributed by atoms with Crippen LogP contribution in [0.25, 0.3) is 0 Å². The van der Waals surface area contributed by atoms with Gasteiger partial charge in [0, 0.05) is 19.2 Å². The topological polar surface area (TPSA) is 116 Å². The third-order valence-corrected chi connectivity index (χ3v) is 5.89. The molecule has 1 unspecified atom stereocenters. The molecular formula is C21H18N4O4S. The second-order valence-electron chi connectivity index (χ2n) is 6.57. The summed E-state index contributed by atoms with van der Waals surface area (Å²) in [6.07, 6.45) is 0.226. The Morgan fingerprint density at radius 2 is 2.03 bits per heavy atom. The summed E-state index contributed by atoms with van der Waals surface area (Å²) in [5, 5.41) is 22.7. The molecule has 1 fully saturated rings. The molecular weight excluding hydrogens is 404 g/mol. The molecule has 1 saturated heterocycles. The highest BCUT2D eigenvalue weighted by Gasteiger charge is 2.41. The molecule has 1 aliphatic rings. The van der Waals surface area contributed by atoms with E-state index in [0.29, 0.717) is 11.3 Å². The van der Waals surface area contributed by atoms with Crippen molar-refractivity contribution >= 4 is 35.0 Å². The van der Waals surface area contributed by atoms with E-state index >= 15 is 0 Å². The number of para-hydroxylation sites is 1. The lowest BCUT2D eigenvalue weighted by molar-refractivity contribution is -0.384. The maximum Gasteiger partial charge on any atom is 0.269 e. The van der Waals surface area contributed by atoms with Crippen LogP contribution in [0.3, 0.4) is 0 Å². The number of hydrogen-bond donors (Lipinski definition) is 1. The Morgan fingerprint density at radius 3 is 2.67 bits per heavy atom. The number of nitriles is 1. The molecule has 9 heteroatoms. The van der Waals surface area contributed by atoms with E-state index in [0.717, 1.165) is 17.3 Å². The van der Waals surface area contributed by atoms with Crippen molar-refractivity contribution in [3.8, 4) is 6.07 Å². The highest BCUT2D eigenvalue weighted by molar-refractivity contribution is 8.05. The summed E-state index contributed by atoms with van der Waals surface area (Å²) in [5.41, 5.74) is 1.81. The Labute approximate surface area is 177 Å². The zero-order valence-electron chi connectivity index (χ0n) is 16.3. The molecule has 152 valence electrons. The predicted octanol–water partition coefficient (Wildman–Crippen LogP) is 3.08. The van der Waals surface area contributed by atoms with Crippen molar-refractivity contribution in [2.75, 3.05) is 11.9 Å². The van der Waals surface area contributed by atoms with E-state index < -0.39 is 16.1 Å². The molecule has 0 radical (unpaired) electrons. The molecule has 0 bridgehead atoms. The molecule has 3 rings (SSSR count). The summed E-state index contributed by atoms with van der Waals surface area (Å²) in [6, 6.07) is 15.2. The lowest BCUT2D eigenvalue weighted by atomic mass is 10.1. The zero-order valence-corrected chi connectivity index (χ0v) is 17.1.